The number of hydrogen-bond acceptors (Lipinski definition) is 4. The normalized spacial score (nSPS) is 13.1. The minimum Gasteiger partial charge on any atom is -0.310 e. The van der Waals surface area contributed by atoms with Gasteiger partial charge in [0.15, 0.2) is 5.82 Å². The predicted octanol–water partition coefficient (Wildman–Crippen LogP) is 16.1. The number of anilines is 3. The summed E-state index contributed by atoms with van der Waals surface area (Å²) in [6.45, 7) is 0. The number of benzene rings is 10. The first-order valence-corrected chi connectivity index (χ1v) is 23.3. The summed E-state index contributed by atoms with van der Waals surface area (Å²) in [5.74, 6) is 0.718. The fourth-order valence-electron chi connectivity index (χ4n) is 11.3. The molecule has 68 heavy (non-hydrogen) atoms. The third-order valence-electron chi connectivity index (χ3n) is 14.2. The highest BCUT2D eigenvalue weighted by Gasteiger charge is 2.52. The van der Waals surface area contributed by atoms with E-state index in [1.165, 1.54) is 38.8 Å². The van der Waals surface area contributed by atoms with E-state index in [1.807, 2.05) is 24.3 Å². The number of rotatable bonds is 5. The van der Waals surface area contributed by atoms with Crippen molar-refractivity contribution in [2.45, 2.75) is 5.41 Å². The van der Waals surface area contributed by atoms with E-state index in [4.69, 9.17) is 15.0 Å². The Balaban J connectivity index is 1.03. The Hall–Kier alpha value is -8.99. The summed E-state index contributed by atoms with van der Waals surface area (Å²) < 4.78 is 0. The molecule has 1 spiro atoms. The Kier molecular flexibility index (Phi) is 8.46. The Labute approximate surface area is 394 Å². The van der Waals surface area contributed by atoms with Gasteiger partial charge in [-0.25, -0.2) is 15.0 Å². The Morgan fingerprint density at radius 2 is 0.809 bits per heavy atom. The maximum absolute atomic E-state index is 5.42. The van der Waals surface area contributed by atoms with Crippen LogP contribution in [0.5, 0.6) is 0 Å². The number of fused-ring (bicyclic) bond motifs is 13. The van der Waals surface area contributed by atoms with Crippen LogP contribution in [0.25, 0.3) is 88.7 Å². The molecule has 0 unspecified atom stereocenters. The average Bonchev–Trinajstić information content (AvgIpc) is 3.71. The van der Waals surface area contributed by atoms with E-state index in [0.29, 0.717) is 0 Å². The molecule has 0 atom stereocenters. The lowest BCUT2D eigenvalue weighted by Gasteiger charge is -2.45. The minimum atomic E-state index is -0.623. The van der Waals surface area contributed by atoms with Gasteiger partial charge in [0.1, 0.15) is 0 Å². The van der Waals surface area contributed by atoms with Gasteiger partial charge in [0.2, 0.25) is 0 Å². The Morgan fingerprint density at radius 1 is 0.294 bits per heavy atom. The lowest BCUT2D eigenvalue weighted by Crippen LogP contribution is -2.36. The van der Waals surface area contributed by atoms with Crippen molar-refractivity contribution in [1.29, 1.82) is 0 Å². The quantitative estimate of drug-likeness (QED) is 0.162. The van der Waals surface area contributed by atoms with Gasteiger partial charge in [-0.2, -0.15) is 0 Å². The first-order valence-electron chi connectivity index (χ1n) is 23.3. The van der Waals surface area contributed by atoms with Crippen molar-refractivity contribution in [2.75, 3.05) is 4.90 Å². The molecule has 0 amide bonds. The fourth-order valence-corrected chi connectivity index (χ4v) is 11.3. The molecule has 14 rings (SSSR count). The summed E-state index contributed by atoms with van der Waals surface area (Å²) in [6, 6.07) is 87.8. The summed E-state index contributed by atoms with van der Waals surface area (Å²) in [6.07, 6.45) is 0. The monoisotopic (exact) mass is 864 g/mol. The largest absolute Gasteiger partial charge is 0.310 e. The molecule has 2 aliphatic rings. The van der Waals surface area contributed by atoms with Gasteiger partial charge in [-0.3, -0.25) is 0 Å². The molecule has 0 saturated carbocycles. The summed E-state index contributed by atoms with van der Waals surface area (Å²) >= 11 is 0. The van der Waals surface area contributed by atoms with Crippen molar-refractivity contribution >= 4 is 49.6 Å². The molecular formula is C64H40N4. The number of pyridine rings is 1. The van der Waals surface area contributed by atoms with Crippen LogP contribution in [0.2, 0.25) is 0 Å². The minimum absolute atomic E-state index is 0.623. The molecule has 2 aromatic heterocycles. The molecular weight excluding hydrogens is 825 g/mol. The standard InChI is InChI=1S/C64H40N4/c1-4-18-42(19-5-1)62-52-40-60-56(39-51(52)49-26-12-16-30-57(49)65-62)64(53-28-14-10-24-47(53)48-25-11-15-29-54(48)64)55-37-36-45(38-59(55)68(60)46-22-8-3-9-23-46)41-32-34-43(35-33-41)61-50-27-13-17-31-58(50)66-63(67-61)44-20-6-2-7-21-44/h1-40H. The van der Waals surface area contributed by atoms with Crippen molar-refractivity contribution < 1.29 is 0 Å². The average molecular weight is 865 g/mol. The molecule has 0 bridgehead atoms. The third-order valence-corrected chi connectivity index (χ3v) is 14.2. The molecule has 4 nitrogen and oxygen atoms in total. The van der Waals surface area contributed by atoms with Crippen molar-refractivity contribution in [2.24, 2.45) is 0 Å². The van der Waals surface area contributed by atoms with E-state index in [9.17, 15) is 0 Å². The first kappa shape index (κ1) is 38.3. The maximum Gasteiger partial charge on any atom is 0.160 e. The summed E-state index contributed by atoms with van der Waals surface area (Å²) in [4.78, 5) is 18.1. The van der Waals surface area contributed by atoms with Gasteiger partial charge in [-0.15, -0.1) is 0 Å². The lowest BCUT2D eigenvalue weighted by atomic mass is 9.64. The molecule has 0 N–H and O–H groups in total. The van der Waals surface area contributed by atoms with Crippen LogP contribution in [0.4, 0.5) is 17.1 Å². The van der Waals surface area contributed by atoms with Gasteiger partial charge in [0.05, 0.1) is 39.2 Å². The smallest absolute Gasteiger partial charge is 0.160 e. The number of para-hydroxylation sites is 3. The second-order valence-corrected chi connectivity index (χ2v) is 17.9. The van der Waals surface area contributed by atoms with E-state index >= 15 is 0 Å². The number of hydrogen-bond donors (Lipinski definition) is 0. The van der Waals surface area contributed by atoms with E-state index in [2.05, 4.69) is 223 Å². The Bertz CT molecular complexity index is 3910. The fraction of sp³-hybridized carbons (Fsp3) is 0.0156. The molecule has 0 saturated heterocycles. The number of aromatic nitrogens is 3. The van der Waals surface area contributed by atoms with Crippen molar-refractivity contribution in [3.63, 3.8) is 0 Å². The number of nitrogens with zero attached hydrogens (tertiary/aromatic N) is 4. The van der Waals surface area contributed by atoms with Crippen LogP contribution >= 0.6 is 0 Å². The van der Waals surface area contributed by atoms with E-state index in [-0.39, 0.29) is 0 Å². The van der Waals surface area contributed by atoms with Crippen LogP contribution in [-0.4, -0.2) is 15.0 Å². The van der Waals surface area contributed by atoms with E-state index in [1.54, 1.807) is 0 Å². The van der Waals surface area contributed by atoms with Gasteiger partial charge in [-0.05, 0) is 92.4 Å². The zero-order valence-corrected chi connectivity index (χ0v) is 36.9. The van der Waals surface area contributed by atoms with Crippen LogP contribution in [0.3, 0.4) is 0 Å². The van der Waals surface area contributed by atoms with Crippen molar-refractivity contribution in [1.82, 2.24) is 15.0 Å². The topological polar surface area (TPSA) is 41.9 Å². The molecule has 12 aromatic rings. The van der Waals surface area contributed by atoms with E-state index in [0.717, 1.165) is 89.3 Å². The summed E-state index contributed by atoms with van der Waals surface area (Å²) in [7, 11) is 0. The van der Waals surface area contributed by atoms with Crippen LogP contribution < -0.4 is 4.90 Å². The predicted molar refractivity (Wildman–Crippen MR) is 280 cm³/mol. The van der Waals surface area contributed by atoms with Crippen LogP contribution in [0.1, 0.15) is 22.3 Å². The van der Waals surface area contributed by atoms with Gasteiger partial charge in [0.25, 0.3) is 0 Å². The maximum atomic E-state index is 5.42. The van der Waals surface area contributed by atoms with Gasteiger partial charge in [-0.1, -0.05) is 200 Å². The van der Waals surface area contributed by atoms with Gasteiger partial charge >= 0.3 is 0 Å². The van der Waals surface area contributed by atoms with Gasteiger partial charge < -0.3 is 4.90 Å². The van der Waals surface area contributed by atoms with Crippen LogP contribution in [-0.2, 0) is 5.41 Å². The van der Waals surface area contributed by atoms with Gasteiger partial charge in [0, 0.05) is 38.5 Å². The molecule has 10 aromatic carbocycles. The van der Waals surface area contributed by atoms with Crippen LogP contribution in [0.15, 0.2) is 243 Å². The molecule has 3 heterocycles. The lowest BCUT2D eigenvalue weighted by molar-refractivity contribution is 0.754. The highest BCUT2D eigenvalue weighted by atomic mass is 15.2. The van der Waals surface area contributed by atoms with Crippen molar-refractivity contribution in [3.8, 4) is 56.2 Å². The molecule has 1 aliphatic heterocycles. The second-order valence-electron chi connectivity index (χ2n) is 17.9. The first-order chi connectivity index (χ1) is 33.7. The zero-order valence-electron chi connectivity index (χ0n) is 36.9. The van der Waals surface area contributed by atoms with E-state index < -0.39 is 5.41 Å². The SMILES string of the molecule is c1ccc(-c2nc(-c3ccc(-c4ccc5c(c4)N(c4ccccc4)c4cc6c(-c7ccccc7)nc7ccccc7c6cc4C54c5ccccc5-c5ccccc54)cc3)c3ccccc3n2)cc1. The summed E-state index contributed by atoms with van der Waals surface area (Å²) in [5, 5.41) is 4.48. The zero-order chi connectivity index (χ0) is 44.8. The third kappa shape index (κ3) is 5.64. The molecule has 1 aliphatic carbocycles. The highest BCUT2D eigenvalue weighted by Crippen LogP contribution is 2.64. The van der Waals surface area contributed by atoms with Crippen molar-refractivity contribution in [3.05, 3.63) is 265 Å². The Morgan fingerprint density at radius 3 is 1.51 bits per heavy atom. The summed E-state index contributed by atoms with van der Waals surface area (Å²) in [5.41, 5.74) is 19.5. The second kappa shape index (κ2) is 15.0. The highest BCUT2D eigenvalue weighted by molar-refractivity contribution is 6.14. The molecule has 316 valence electrons. The molecule has 0 fully saturated rings. The van der Waals surface area contributed by atoms with Crippen LogP contribution in [0, 0.1) is 0 Å². The molecule has 4 heteroatoms. The molecule has 0 radical (unpaired) electrons.